The zero-order chi connectivity index (χ0) is 13.1. The number of nitrogens with zero attached hydrogens (tertiary/aromatic N) is 2. The Morgan fingerprint density at radius 3 is 2.63 bits per heavy atom. The molecule has 0 unspecified atom stereocenters. The van der Waals surface area contributed by atoms with Gasteiger partial charge in [0.2, 0.25) is 0 Å². The second kappa shape index (κ2) is 7.68. The van der Waals surface area contributed by atoms with Gasteiger partial charge < -0.3 is 9.84 Å². The first-order valence-corrected chi connectivity index (χ1v) is 6.54. The van der Waals surface area contributed by atoms with E-state index in [0.29, 0.717) is 13.1 Å². The molecular formula is C13H15AcN2O2S-. The molecule has 0 saturated carbocycles. The van der Waals surface area contributed by atoms with Crippen molar-refractivity contribution in [3.8, 4) is 0 Å². The molecule has 0 aliphatic carbocycles. The number of carbonyl (C=O) groups is 1. The van der Waals surface area contributed by atoms with Gasteiger partial charge in [0, 0.05) is 44.1 Å². The number of carbonyl (C=O) groups excluding carboxylic acids is 1. The van der Waals surface area contributed by atoms with Gasteiger partial charge in [0.1, 0.15) is 5.76 Å². The van der Waals surface area contributed by atoms with Crippen LogP contribution in [0.3, 0.4) is 0 Å². The fraction of sp³-hybridized carbons (Fsp3) is 0.385. The van der Waals surface area contributed by atoms with Crippen LogP contribution in [0, 0.1) is 57.9 Å². The van der Waals surface area contributed by atoms with Crippen molar-refractivity contribution in [3.63, 3.8) is 0 Å². The first kappa shape index (κ1) is 17.0. The predicted octanol–water partition coefficient (Wildman–Crippen LogP) is 3.63. The molecule has 2 aromatic rings. The Balaban J connectivity index is 0.00000180. The van der Waals surface area contributed by atoms with Gasteiger partial charge >= 0.3 is 0 Å². The molecule has 0 spiro atoms. The molecular weight excluding hydrogens is 475 g/mol. The molecule has 0 fully saturated rings. The summed E-state index contributed by atoms with van der Waals surface area (Å²) in [7, 11) is 0. The fourth-order valence-corrected chi connectivity index (χ4v) is 2.51. The summed E-state index contributed by atoms with van der Waals surface area (Å²) in [5.74, 6) is 0.934. The third-order valence-electron chi connectivity index (χ3n) is 2.73. The van der Waals surface area contributed by atoms with Crippen molar-refractivity contribution in [2.75, 3.05) is 0 Å². The number of Topliss-reactive ketones (excluding diaryl/α,β-unsaturated/α-hetero) is 1. The molecule has 19 heavy (non-hydrogen) atoms. The van der Waals surface area contributed by atoms with Gasteiger partial charge in [-0.1, -0.05) is 5.16 Å². The summed E-state index contributed by atoms with van der Waals surface area (Å²) in [5.41, 5.74) is 1.95. The van der Waals surface area contributed by atoms with Crippen molar-refractivity contribution in [1.29, 1.82) is 0 Å². The fourth-order valence-electron chi connectivity index (χ4n) is 1.66. The zero-order valence-electron chi connectivity index (χ0n) is 11.3. The molecule has 4 nitrogen and oxygen atoms in total. The van der Waals surface area contributed by atoms with E-state index in [-0.39, 0.29) is 49.8 Å². The van der Waals surface area contributed by atoms with Crippen molar-refractivity contribution in [3.05, 3.63) is 44.2 Å². The number of hydrogen-bond donors (Lipinski definition) is 0. The summed E-state index contributed by atoms with van der Waals surface area (Å²) in [5, 5.41) is 8.37. The van der Waals surface area contributed by atoms with E-state index in [4.69, 9.17) is 4.52 Å². The van der Waals surface area contributed by atoms with E-state index in [0.717, 1.165) is 26.8 Å². The first-order chi connectivity index (χ1) is 8.58. The van der Waals surface area contributed by atoms with Gasteiger partial charge in [-0.2, -0.15) is 0 Å². The maximum Gasteiger partial charge on any atom is 0.169 e. The van der Waals surface area contributed by atoms with Gasteiger partial charge in [0.05, 0.1) is 10.6 Å². The third kappa shape index (κ3) is 4.49. The molecule has 2 aromatic heterocycles. The van der Waals surface area contributed by atoms with Crippen LogP contribution in [0.5, 0.6) is 0 Å². The molecule has 0 aromatic carbocycles. The van der Waals surface area contributed by atoms with Gasteiger partial charge in [0.25, 0.3) is 0 Å². The number of ketones is 1. The van der Waals surface area contributed by atoms with Crippen LogP contribution >= 0.6 is 11.3 Å². The van der Waals surface area contributed by atoms with Crippen LogP contribution in [0.1, 0.15) is 38.5 Å². The Hall–Kier alpha value is -0.0184. The van der Waals surface area contributed by atoms with Crippen molar-refractivity contribution in [2.24, 2.45) is 0 Å². The van der Waals surface area contributed by atoms with Crippen LogP contribution in [0.15, 0.2) is 16.7 Å². The Morgan fingerprint density at radius 1 is 1.37 bits per heavy atom. The minimum absolute atomic E-state index is 0. The van der Waals surface area contributed by atoms with E-state index in [2.05, 4.69) is 10.5 Å². The average molecular weight is 490 g/mol. The van der Waals surface area contributed by atoms with E-state index in [1.165, 1.54) is 11.3 Å². The Morgan fingerprint density at radius 2 is 2.11 bits per heavy atom. The molecule has 1 radical (unpaired) electrons. The van der Waals surface area contributed by atoms with Crippen molar-refractivity contribution in [1.82, 2.24) is 5.16 Å². The number of aryl methyl sites for hydroxylation is 2. The summed E-state index contributed by atoms with van der Waals surface area (Å²) in [6.07, 6.45) is 0. The molecule has 2 heterocycles. The molecule has 0 atom stereocenters. The molecule has 99 valence electrons. The quantitative estimate of drug-likeness (QED) is 0.602. The molecule has 2 rings (SSSR count). The molecule has 6 heteroatoms. The van der Waals surface area contributed by atoms with Crippen LogP contribution in [0.2, 0.25) is 0 Å². The van der Waals surface area contributed by atoms with E-state index in [1.54, 1.807) is 6.92 Å². The van der Waals surface area contributed by atoms with Crippen LogP contribution in [-0.4, -0.2) is 10.9 Å². The molecule has 0 saturated heterocycles. The zero-order valence-corrected chi connectivity index (χ0v) is 16.8. The largest absolute Gasteiger partial charge is 0.654 e. The van der Waals surface area contributed by atoms with Gasteiger partial charge in [-0.25, -0.2) is 0 Å². The summed E-state index contributed by atoms with van der Waals surface area (Å²) in [6.45, 7) is 6.62. The van der Waals surface area contributed by atoms with Gasteiger partial charge in [-0.15, -0.1) is 24.4 Å². The van der Waals surface area contributed by atoms with E-state index in [9.17, 15) is 4.79 Å². The Kier molecular flexibility index (Phi) is 6.89. The summed E-state index contributed by atoms with van der Waals surface area (Å²) < 4.78 is 5.08. The summed E-state index contributed by atoms with van der Waals surface area (Å²) in [6, 6.07) is 3.81. The van der Waals surface area contributed by atoms with Gasteiger partial charge in [-0.3, -0.25) is 4.79 Å². The Bertz CT molecular complexity index is 543. The van der Waals surface area contributed by atoms with Crippen molar-refractivity contribution in [2.45, 2.75) is 33.9 Å². The number of thiophene rings is 1. The topological polar surface area (TPSA) is 57.2 Å². The first-order valence-electron chi connectivity index (χ1n) is 5.72. The monoisotopic (exact) mass is 490 g/mol. The molecule has 0 aliphatic heterocycles. The summed E-state index contributed by atoms with van der Waals surface area (Å²) >= 11 is 1.50. The molecule has 0 bridgehead atoms. The van der Waals surface area contributed by atoms with Gasteiger partial charge in [-0.05, 0) is 43.3 Å². The Labute approximate surface area is 152 Å². The molecule has 0 N–H and O–H groups in total. The van der Waals surface area contributed by atoms with Crippen LogP contribution < -0.4 is 0 Å². The molecule has 0 aliphatic rings. The van der Waals surface area contributed by atoms with Crippen LogP contribution in [-0.2, 0) is 13.1 Å². The number of aromatic nitrogens is 1. The van der Waals surface area contributed by atoms with Crippen molar-refractivity contribution < 1.29 is 53.4 Å². The average Bonchev–Trinajstić information content (AvgIpc) is 2.90. The minimum atomic E-state index is 0. The predicted molar refractivity (Wildman–Crippen MR) is 71.1 cm³/mol. The third-order valence-corrected chi connectivity index (χ3v) is 3.90. The van der Waals surface area contributed by atoms with E-state index < -0.39 is 0 Å². The minimum Gasteiger partial charge on any atom is -0.654 e. The normalized spacial score (nSPS) is 10.3. The van der Waals surface area contributed by atoms with Crippen LogP contribution in [0.25, 0.3) is 5.32 Å². The van der Waals surface area contributed by atoms with Crippen LogP contribution in [0.4, 0.5) is 0 Å². The maximum atomic E-state index is 11.2. The van der Waals surface area contributed by atoms with Crippen molar-refractivity contribution >= 4 is 17.1 Å². The standard InChI is InChI=1S/C13H15N2O2S.Ac/c1-8-12(10(3)17-15-8)7-14-6-11-4-5-13(18-11)9(2)16;/h4-5H,6-7H2,1-3H3;/q-1;. The summed E-state index contributed by atoms with van der Waals surface area (Å²) in [4.78, 5) is 13.1. The molecule has 0 amide bonds. The van der Waals surface area contributed by atoms with E-state index >= 15 is 0 Å². The second-order valence-corrected chi connectivity index (χ2v) is 5.33. The van der Waals surface area contributed by atoms with E-state index in [1.807, 2.05) is 26.0 Å². The number of rotatable bonds is 5. The SMILES string of the molecule is CC(=O)c1ccc(C[N-]Cc2c(C)noc2C)s1.[Ac]. The second-order valence-electron chi connectivity index (χ2n) is 4.16. The number of hydrogen-bond acceptors (Lipinski definition) is 4. The maximum absolute atomic E-state index is 11.2. The van der Waals surface area contributed by atoms with Gasteiger partial charge in [0.15, 0.2) is 5.78 Å². The smallest absolute Gasteiger partial charge is 0.169 e.